The number of carbonyl (C=O) groups excluding carboxylic acids is 1. The van der Waals surface area contributed by atoms with Gasteiger partial charge in [-0.25, -0.2) is 4.79 Å². The first-order chi connectivity index (χ1) is 7.61. The van der Waals surface area contributed by atoms with E-state index in [1.54, 1.807) is 7.11 Å². The van der Waals surface area contributed by atoms with Crippen LogP contribution in [-0.4, -0.2) is 37.4 Å². The minimum absolute atomic E-state index is 0.149. The summed E-state index contributed by atoms with van der Waals surface area (Å²) < 4.78 is 15.4. The van der Waals surface area contributed by atoms with Crippen LogP contribution in [0.4, 0.5) is 0 Å². The molecular weight excluding hydrogens is 276 g/mol. The number of alkyl halides is 1. The highest BCUT2D eigenvalue weighted by atomic mass is 79.9. The fourth-order valence-electron chi connectivity index (χ4n) is 1.02. The summed E-state index contributed by atoms with van der Waals surface area (Å²) in [4.78, 5) is 10.8. The van der Waals surface area contributed by atoms with Crippen LogP contribution in [0.1, 0.15) is 19.8 Å². The van der Waals surface area contributed by atoms with Crippen LogP contribution in [0.2, 0.25) is 0 Å². The van der Waals surface area contributed by atoms with Crippen molar-refractivity contribution in [1.82, 2.24) is 0 Å². The fraction of sp³-hybridized carbons (Fsp3) is 0.727. The Kier molecular flexibility index (Phi) is 9.57. The molecule has 2 atom stereocenters. The Balaban J connectivity index is 3.38. The molecule has 0 bridgehead atoms. The molecule has 4 nitrogen and oxygen atoms in total. The van der Waals surface area contributed by atoms with Crippen molar-refractivity contribution in [1.29, 1.82) is 0 Å². The Morgan fingerprint density at radius 2 is 2.06 bits per heavy atom. The van der Waals surface area contributed by atoms with Gasteiger partial charge in [-0.15, -0.1) is 0 Å². The molecule has 0 aliphatic carbocycles. The Morgan fingerprint density at radius 3 is 2.56 bits per heavy atom. The Morgan fingerprint density at radius 1 is 1.44 bits per heavy atom. The molecule has 0 saturated carbocycles. The summed E-state index contributed by atoms with van der Waals surface area (Å²) in [5.41, 5.74) is 0. The number of hydrogen-bond acceptors (Lipinski definition) is 4. The molecule has 0 aromatic heterocycles. The zero-order valence-electron chi connectivity index (χ0n) is 9.78. The third-order valence-corrected chi connectivity index (χ3v) is 2.27. The average molecular weight is 295 g/mol. The van der Waals surface area contributed by atoms with Gasteiger partial charge in [-0.3, -0.25) is 0 Å². The third-order valence-electron chi connectivity index (χ3n) is 1.84. The molecule has 0 aliphatic rings. The summed E-state index contributed by atoms with van der Waals surface area (Å²) in [5, 5.41) is 0. The standard InChI is InChI=1S/C11H19BrO4/c1-4-10(13)15-7-5-6-8-16-11(14-3)9(2)12/h4,9,11H,1,5-8H2,2-3H3. The van der Waals surface area contributed by atoms with Gasteiger partial charge in [0.1, 0.15) is 0 Å². The van der Waals surface area contributed by atoms with Gasteiger partial charge >= 0.3 is 5.97 Å². The smallest absolute Gasteiger partial charge is 0.330 e. The van der Waals surface area contributed by atoms with Crippen LogP contribution < -0.4 is 0 Å². The van der Waals surface area contributed by atoms with Gasteiger partial charge in [0.05, 0.1) is 11.4 Å². The molecule has 0 saturated heterocycles. The van der Waals surface area contributed by atoms with E-state index in [0.717, 1.165) is 18.9 Å². The van der Waals surface area contributed by atoms with E-state index < -0.39 is 0 Å². The predicted octanol–water partition coefficient (Wildman–Crippen LogP) is 2.27. The molecule has 0 aromatic rings. The van der Waals surface area contributed by atoms with Gasteiger partial charge in [-0.1, -0.05) is 22.5 Å². The fourth-order valence-corrected chi connectivity index (χ4v) is 1.39. The van der Waals surface area contributed by atoms with Crippen LogP contribution >= 0.6 is 15.9 Å². The number of hydrogen-bond donors (Lipinski definition) is 0. The lowest BCUT2D eigenvalue weighted by Crippen LogP contribution is -2.24. The van der Waals surface area contributed by atoms with E-state index in [0.29, 0.717) is 13.2 Å². The average Bonchev–Trinajstić information content (AvgIpc) is 2.27. The van der Waals surface area contributed by atoms with Crippen molar-refractivity contribution in [2.24, 2.45) is 0 Å². The molecule has 0 aromatic carbocycles. The summed E-state index contributed by atoms with van der Waals surface area (Å²) >= 11 is 3.38. The van der Waals surface area contributed by atoms with Crippen molar-refractivity contribution >= 4 is 21.9 Å². The second-order valence-electron chi connectivity index (χ2n) is 3.23. The van der Waals surface area contributed by atoms with Crippen molar-refractivity contribution in [3.63, 3.8) is 0 Å². The van der Waals surface area contributed by atoms with Gasteiger partial charge in [0.15, 0.2) is 6.29 Å². The quantitative estimate of drug-likeness (QED) is 0.215. The molecule has 0 fully saturated rings. The van der Waals surface area contributed by atoms with Crippen LogP contribution in [0.15, 0.2) is 12.7 Å². The summed E-state index contributed by atoms with van der Waals surface area (Å²) in [6, 6.07) is 0. The van der Waals surface area contributed by atoms with E-state index in [2.05, 4.69) is 22.5 Å². The van der Waals surface area contributed by atoms with Crippen LogP contribution in [-0.2, 0) is 19.0 Å². The van der Waals surface area contributed by atoms with Crippen LogP contribution in [0, 0.1) is 0 Å². The first-order valence-corrected chi connectivity index (χ1v) is 6.11. The van der Waals surface area contributed by atoms with E-state index >= 15 is 0 Å². The molecule has 0 spiro atoms. The Hall–Kier alpha value is -0.390. The molecule has 0 aliphatic heterocycles. The largest absolute Gasteiger partial charge is 0.463 e. The zero-order chi connectivity index (χ0) is 12.4. The predicted molar refractivity (Wildman–Crippen MR) is 65.5 cm³/mol. The number of methoxy groups -OCH3 is 1. The molecule has 0 heterocycles. The summed E-state index contributed by atoms with van der Waals surface area (Å²) in [6.07, 6.45) is 2.51. The Bertz CT molecular complexity index is 206. The van der Waals surface area contributed by atoms with Crippen molar-refractivity contribution < 1.29 is 19.0 Å². The maximum atomic E-state index is 10.7. The van der Waals surface area contributed by atoms with Gasteiger partial charge in [0.2, 0.25) is 0 Å². The van der Waals surface area contributed by atoms with Crippen LogP contribution in [0.5, 0.6) is 0 Å². The monoisotopic (exact) mass is 294 g/mol. The lowest BCUT2D eigenvalue weighted by atomic mass is 10.3. The molecule has 16 heavy (non-hydrogen) atoms. The molecule has 0 N–H and O–H groups in total. The van der Waals surface area contributed by atoms with E-state index in [-0.39, 0.29) is 17.1 Å². The highest BCUT2D eigenvalue weighted by molar-refractivity contribution is 9.09. The first-order valence-electron chi connectivity index (χ1n) is 5.19. The van der Waals surface area contributed by atoms with Gasteiger partial charge in [-0.2, -0.15) is 0 Å². The topological polar surface area (TPSA) is 44.8 Å². The Labute approximate surface area is 105 Å². The third kappa shape index (κ3) is 7.84. The number of carbonyl (C=O) groups is 1. The molecule has 5 heteroatoms. The maximum absolute atomic E-state index is 10.7. The van der Waals surface area contributed by atoms with E-state index in [9.17, 15) is 4.79 Å². The minimum atomic E-state index is -0.384. The van der Waals surface area contributed by atoms with Crippen LogP contribution in [0.3, 0.4) is 0 Å². The number of esters is 1. The second-order valence-corrected chi connectivity index (χ2v) is 4.68. The molecule has 0 amide bonds. The normalized spacial score (nSPS) is 14.2. The summed E-state index contributed by atoms with van der Waals surface area (Å²) in [6.45, 7) is 6.25. The molecule has 94 valence electrons. The van der Waals surface area contributed by atoms with Crippen molar-refractivity contribution in [3.05, 3.63) is 12.7 Å². The number of halogens is 1. The van der Waals surface area contributed by atoms with Crippen molar-refractivity contribution in [2.45, 2.75) is 30.9 Å². The van der Waals surface area contributed by atoms with Crippen molar-refractivity contribution in [3.8, 4) is 0 Å². The number of ether oxygens (including phenoxy) is 3. The zero-order valence-corrected chi connectivity index (χ0v) is 11.4. The maximum Gasteiger partial charge on any atom is 0.330 e. The van der Waals surface area contributed by atoms with Crippen LogP contribution in [0.25, 0.3) is 0 Å². The number of unbranched alkanes of at least 4 members (excludes halogenated alkanes) is 1. The van der Waals surface area contributed by atoms with E-state index in [1.165, 1.54) is 0 Å². The highest BCUT2D eigenvalue weighted by Gasteiger charge is 2.13. The minimum Gasteiger partial charge on any atom is -0.463 e. The van der Waals surface area contributed by atoms with Gasteiger partial charge in [0.25, 0.3) is 0 Å². The SMILES string of the molecule is C=CC(=O)OCCCCOC(OC)C(C)Br. The van der Waals surface area contributed by atoms with E-state index in [1.807, 2.05) is 6.92 Å². The molecule has 2 unspecified atom stereocenters. The lowest BCUT2D eigenvalue weighted by molar-refractivity contribution is -0.138. The number of rotatable bonds is 9. The second kappa shape index (κ2) is 9.81. The van der Waals surface area contributed by atoms with Gasteiger partial charge < -0.3 is 14.2 Å². The van der Waals surface area contributed by atoms with Crippen molar-refractivity contribution in [2.75, 3.05) is 20.3 Å². The summed E-state index contributed by atoms with van der Waals surface area (Å²) in [7, 11) is 1.61. The molecular formula is C11H19BrO4. The van der Waals surface area contributed by atoms with E-state index in [4.69, 9.17) is 14.2 Å². The first kappa shape index (κ1) is 15.6. The van der Waals surface area contributed by atoms with Gasteiger partial charge in [-0.05, 0) is 19.8 Å². The highest BCUT2D eigenvalue weighted by Crippen LogP contribution is 2.09. The van der Waals surface area contributed by atoms with Gasteiger partial charge in [0, 0.05) is 19.8 Å². The lowest BCUT2D eigenvalue weighted by Gasteiger charge is -2.18. The summed E-state index contributed by atoms with van der Waals surface area (Å²) in [5.74, 6) is -0.384. The molecule has 0 radical (unpaired) electrons. The molecule has 0 rings (SSSR count).